The molecule has 0 bridgehead atoms. The molecule has 1 aromatic rings. The van der Waals surface area contributed by atoms with Crippen molar-refractivity contribution in [1.82, 2.24) is 10.2 Å². The summed E-state index contributed by atoms with van der Waals surface area (Å²) in [6, 6.07) is 7.87. The second kappa shape index (κ2) is 6.16. The Bertz CT molecular complexity index is 542. The van der Waals surface area contributed by atoms with E-state index in [9.17, 15) is 4.79 Å². The van der Waals surface area contributed by atoms with Crippen LogP contribution in [-0.2, 0) is 11.3 Å². The van der Waals surface area contributed by atoms with E-state index in [-0.39, 0.29) is 11.6 Å². The van der Waals surface area contributed by atoms with Gasteiger partial charge in [0, 0.05) is 13.1 Å². The van der Waals surface area contributed by atoms with Gasteiger partial charge in [-0.3, -0.25) is 4.90 Å². The monoisotopic (exact) mass is 304 g/mol. The molecule has 3 rings (SSSR count). The Morgan fingerprint density at radius 2 is 2.36 bits per heavy atom. The maximum atomic E-state index is 12.2. The highest BCUT2D eigenvalue weighted by Crippen LogP contribution is 2.36. The molecule has 5 nitrogen and oxygen atoms in total. The van der Waals surface area contributed by atoms with Gasteiger partial charge in [-0.2, -0.15) is 0 Å². The first-order chi connectivity index (χ1) is 10.6. The fraction of sp³-hybridized carbons (Fsp3) is 0.588. The van der Waals surface area contributed by atoms with E-state index in [1.807, 2.05) is 29.2 Å². The highest BCUT2D eigenvalue weighted by atomic mass is 16.6. The number of nitrogens with one attached hydrogen (secondary N) is 1. The Kier molecular flexibility index (Phi) is 4.25. The van der Waals surface area contributed by atoms with Crippen molar-refractivity contribution >= 4 is 6.09 Å². The quantitative estimate of drug-likeness (QED) is 0.928. The van der Waals surface area contributed by atoms with E-state index in [2.05, 4.69) is 12.2 Å². The van der Waals surface area contributed by atoms with Gasteiger partial charge in [0.2, 0.25) is 0 Å². The average Bonchev–Trinajstić information content (AvgIpc) is 2.85. The Labute approximate surface area is 131 Å². The van der Waals surface area contributed by atoms with Gasteiger partial charge >= 0.3 is 6.09 Å². The van der Waals surface area contributed by atoms with Gasteiger partial charge in [-0.1, -0.05) is 12.1 Å². The minimum atomic E-state index is -0.242. The van der Waals surface area contributed by atoms with Crippen molar-refractivity contribution in [3.8, 4) is 5.75 Å². The van der Waals surface area contributed by atoms with E-state index in [0.29, 0.717) is 19.1 Å². The average molecular weight is 304 g/mol. The molecule has 1 amide bonds. The molecule has 0 spiro atoms. The van der Waals surface area contributed by atoms with Crippen molar-refractivity contribution in [2.45, 2.75) is 31.8 Å². The van der Waals surface area contributed by atoms with Crippen molar-refractivity contribution in [3.63, 3.8) is 0 Å². The van der Waals surface area contributed by atoms with Gasteiger partial charge in [-0.25, -0.2) is 4.79 Å². The van der Waals surface area contributed by atoms with Gasteiger partial charge in [0.05, 0.1) is 12.6 Å². The zero-order valence-corrected chi connectivity index (χ0v) is 13.3. The van der Waals surface area contributed by atoms with Crippen LogP contribution in [0.5, 0.6) is 5.75 Å². The number of methoxy groups -OCH3 is 1. The van der Waals surface area contributed by atoms with Crippen LogP contribution in [0.25, 0.3) is 0 Å². The van der Waals surface area contributed by atoms with Crippen LogP contribution in [0.1, 0.15) is 25.3 Å². The number of cyclic esters (lactones) is 1. The summed E-state index contributed by atoms with van der Waals surface area (Å²) in [6.45, 7) is 5.19. The zero-order valence-electron chi connectivity index (χ0n) is 13.3. The topological polar surface area (TPSA) is 50.8 Å². The predicted octanol–water partition coefficient (Wildman–Crippen LogP) is 2.41. The van der Waals surface area contributed by atoms with Crippen LogP contribution >= 0.6 is 0 Å². The van der Waals surface area contributed by atoms with Crippen molar-refractivity contribution in [2.24, 2.45) is 5.92 Å². The van der Waals surface area contributed by atoms with Gasteiger partial charge in [0.1, 0.15) is 12.4 Å². The number of piperidine rings is 1. The fourth-order valence-electron chi connectivity index (χ4n) is 3.49. The van der Waals surface area contributed by atoms with Crippen LogP contribution in [0, 0.1) is 5.92 Å². The molecule has 5 heteroatoms. The Balaban J connectivity index is 1.80. The second-order valence-electron chi connectivity index (χ2n) is 6.39. The molecule has 2 heterocycles. The van der Waals surface area contributed by atoms with Crippen LogP contribution in [0.2, 0.25) is 0 Å². The molecule has 1 N–H and O–H groups in total. The summed E-state index contributed by atoms with van der Waals surface area (Å²) in [5, 5.41) is 3.44. The number of amides is 1. The van der Waals surface area contributed by atoms with Crippen LogP contribution in [0.3, 0.4) is 0 Å². The Morgan fingerprint density at radius 1 is 1.50 bits per heavy atom. The van der Waals surface area contributed by atoms with Gasteiger partial charge in [-0.05, 0) is 49.9 Å². The third-order valence-electron chi connectivity index (χ3n) is 4.98. The minimum absolute atomic E-state index is 0.212. The summed E-state index contributed by atoms with van der Waals surface area (Å²) in [4.78, 5) is 14.1. The number of hydrogen-bond donors (Lipinski definition) is 1. The minimum Gasteiger partial charge on any atom is -0.497 e. The van der Waals surface area contributed by atoms with Gasteiger partial charge in [0.15, 0.2) is 0 Å². The fourth-order valence-corrected chi connectivity index (χ4v) is 3.49. The molecule has 2 saturated heterocycles. The first kappa shape index (κ1) is 15.2. The standard InChI is InChI=1S/C17H24N2O3/c1-17(14-6-4-8-18-10-14)12-22-16(20)19(17)11-13-5-3-7-15(9-13)21-2/h3,5,7,9,14,18H,4,6,8,10-12H2,1-2H3. The Hall–Kier alpha value is -1.75. The summed E-state index contributed by atoms with van der Waals surface area (Å²) in [5.41, 5.74) is 0.821. The number of rotatable bonds is 4. The molecule has 0 aromatic heterocycles. The molecule has 0 aliphatic carbocycles. The smallest absolute Gasteiger partial charge is 0.410 e. The van der Waals surface area contributed by atoms with Crippen molar-refractivity contribution in [1.29, 1.82) is 0 Å². The first-order valence-electron chi connectivity index (χ1n) is 7.91. The lowest BCUT2D eigenvalue weighted by Gasteiger charge is -2.41. The maximum Gasteiger partial charge on any atom is 0.410 e. The highest BCUT2D eigenvalue weighted by Gasteiger charge is 2.48. The summed E-state index contributed by atoms with van der Waals surface area (Å²) in [7, 11) is 1.65. The van der Waals surface area contributed by atoms with E-state index < -0.39 is 0 Å². The van der Waals surface area contributed by atoms with Crippen LogP contribution in [0.15, 0.2) is 24.3 Å². The van der Waals surface area contributed by atoms with E-state index in [1.165, 1.54) is 0 Å². The van der Waals surface area contributed by atoms with E-state index >= 15 is 0 Å². The summed E-state index contributed by atoms with van der Waals surface area (Å²) >= 11 is 0. The first-order valence-corrected chi connectivity index (χ1v) is 7.91. The van der Waals surface area contributed by atoms with Gasteiger partial charge < -0.3 is 14.8 Å². The molecule has 2 aliphatic rings. The third-order valence-corrected chi connectivity index (χ3v) is 4.98. The Morgan fingerprint density at radius 3 is 3.09 bits per heavy atom. The second-order valence-corrected chi connectivity index (χ2v) is 6.39. The van der Waals surface area contributed by atoms with E-state index in [1.54, 1.807) is 7.11 Å². The van der Waals surface area contributed by atoms with Gasteiger partial charge in [-0.15, -0.1) is 0 Å². The molecular formula is C17H24N2O3. The van der Waals surface area contributed by atoms with Crippen molar-refractivity contribution in [2.75, 3.05) is 26.8 Å². The largest absolute Gasteiger partial charge is 0.497 e. The molecule has 0 saturated carbocycles. The molecule has 2 aliphatic heterocycles. The molecular weight excluding hydrogens is 280 g/mol. The molecule has 2 unspecified atom stereocenters. The summed E-state index contributed by atoms with van der Waals surface area (Å²) in [5.74, 6) is 1.24. The predicted molar refractivity (Wildman–Crippen MR) is 83.9 cm³/mol. The van der Waals surface area contributed by atoms with E-state index in [4.69, 9.17) is 9.47 Å². The number of carbonyl (C=O) groups is 1. The van der Waals surface area contributed by atoms with Crippen molar-refractivity contribution in [3.05, 3.63) is 29.8 Å². The summed E-state index contributed by atoms with van der Waals surface area (Å²) < 4.78 is 10.7. The lowest BCUT2D eigenvalue weighted by molar-refractivity contribution is 0.0922. The zero-order chi connectivity index (χ0) is 15.6. The molecule has 120 valence electrons. The van der Waals surface area contributed by atoms with E-state index in [0.717, 1.165) is 37.2 Å². The van der Waals surface area contributed by atoms with Crippen molar-refractivity contribution < 1.29 is 14.3 Å². The number of nitrogens with zero attached hydrogens (tertiary/aromatic N) is 1. The molecule has 2 fully saturated rings. The maximum absolute atomic E-state index is 12.2. The highest BCUT2D eigenvalue weighted by molar-refractivity contribution is 5.71. The van der Waals surface area contributed by atoms with Crippen LogP contribution in [-0.4, -0.2) is 43.3 Å². The number of carbonyl (C=O) groups excluding carboxylic acids is 1. The SMILES string of the molecule is COc1cccc(CN2C(=O)OCC2(C)C2CCCNC2)c1. The van der Waals surface area contributed by atoms with Crippen LogP contribution in [0.4, 0.5) is 4.79 Å². The molecule has 22 heavy (non-hydrogen) atoms. The third kappa shape index (κ3) is 2.77. The molecule has 2 atom stereocenters. The normalized spacial score (nSPS) is 28.5. The molecule has 1 aromatic carbocycles. The van der Waals surface area contributed by atoms with Crippen LogP contribution < -0.4 is 10.1 Å². The molecule has 0 radical (unpaired) electrons. The lowest BCUT2D eigenvalue weighted by atomic mass is 9.80. The summed E-state index contributed by atoms with van der Waals surface area (Å²) in [6.07, 6.45) is 2.08. The number of hydrogen-bond acceptors (Lipinski definition) is 4. The lowest BCUT2D eigenvalue weighted by Crippen LogP contribution is -2.54. The van der Waals surface area contributed by atoms with Gasteiger partial charge in [0.25, 0.3) is 0 Å². The number of ether oxygens (including phenoxy) is 2. The number of benzene rings is 1.